The lowest BCUT2D eigenvalue weighted by atomic mass is 9.33. The van der Waals surface area contributed by atoms with E-state index in [4.69, 9.17) is 0 Å². The van der Waals surface area contributed by atoms with E-state index in [9.17, 15) is 0 Å². The summed E-state index contributed by atoms with van der Waals surface area (Å²) >= 11 is 1.93. The monoisotopic (exact) mass is 689 g/mol. The minimum atomic E-state index is 0.0532. The molecule has 53 heavy (non-hydrogen) atoms. The molecule has 0 fully saturated rings. The van der Waals surface area contributed by atoms with Crippen molar-refractivity contribution in [1.29, 1.82) is 0 Å². The minimum absolute atomic E-state index is 0.0532. The molecule has 0 saturated carbocycles. The fraction of sp³-hybridized carbons (Fsp3) is 0. The van der Waals surface area contributed by atoms with Crippen molar-refractivity contribution in [2.45, 2.75) is 0 Å². The molecule has 13 rings (SSSR count). The highest BCUT2D eigenvalue weighted by molar-refractivity contribution is 7.26. The highest BCUT2D eigenvalue weighted by Crippen LogP contribution is 2.45. The number of aromatic nitrogens is 2. The van der Waals surface area contributed by atoms with Gasteiger partial charge in [0.15, 0.2) is 0 Å². The summed E-state index contributed by atoms with van der Waals surface area (Å²) in [5, 5.41) is 7.97. The van der Waals surface area contributed by atoms with Crippen LogP contribution in [0.2, 0.25) is 0 Å². The molecule has 0 N–H and O–H groups in total. The van der Waals surface area contributed by atoms with E-state index >= 15 is 0 Å². The number of benzene rings is 8. The number of rotatable bonds is 3. The molecule has 2 aliphatic rings. The van der Waals surface area contributed by atoms with Crippen molar-refractivity contribution in [3.8, 4) is 11.4 Å². The fourth-order valence-electron chi connectivity index (χ4n) is 9.89. The van der Waals surface area contributed by atoms with Crippen LogP contribution in [-0.2, 0) is 0 Å². The van der Waals surface area contributed by atoms with Crippen LogP contribution in [0.15, 0.2) is 170 Å². The third-order valence-electron chi connectivity index (χ3n) is 11.8. The van der Waals surface area contributed by atoms with Crippen LogP contribution in [0, 0.1) is 0 Å². The van der Waals surface area contributed by atoms with E-state index in [-0.39, 0.29) is 6.71 Å². The van der Waals surface area contributed by atoms with Gasteiger partial charge in [0.2, 0.25) is 0 Å². The summed E-state index contributed by atoms with van der Waals surface area (Å²) in [4.78, 5) is 2.42. The maximum Gasteiger partial charge on any atom is 0.253 e. The zero-order valence-corrected chi connectivity index (χ0v) is 29.3. The van der Waals surface area contributed by atoms with Gasteiger partial charge in [0.25, 0.3) is 6.71 Å². The van der Waals surface area contributed by atoms with E-state index in [2.05, 4.69) is 184 Å². The molecule has 5 heterocycles. The molecule has 2 aliphatic heterocycles. The Morgan fingerprint density at radius 1 is 0.415 bits per heavy atom. The van der Waals surface area contributed by atoms with E-state index in [1.54, 1.807) is 0 Å². The summed E-state index contributed by atoms with van der Waals surface area (Å²) in [6, 6.07) is 63.1. The largest absolute Gasteiger partial charge is 0.310 e. The van der Waals surface area contributed by atoms with E-state index < -0.39 is 0 Å². The first kappa shape index (κ1) is 28.1. The van der Waals surface area contributed by atoms with Crippen molar-refractivity contribution in [3.63, 3.8) is 0 Å². The van der Waals surface area contributed by atoms with Gasteiger partial charge >= 0.3 is 0 Å². The van der Waals surface area contributed by atoms with E-state index in [0.29, 0.717) is 0 Å². The quantitative estimate of drug-likeness (QED) is 0.168. The molecule has 0 bridgehead atoms. The van der Waals surface area contributed by atoms with Crippen LogP contribution >= 0.6 is 11.3 Å². The van der Waals surface area contributed by atoms with Gasteiger partial charge in [-0.15, -0.1) is 11.3 Å². The Morgan fingerprint density at radius 2 is 0.981 bits per heavy atom. The second-order valence-electron chi connectivity index (χ2n) is 14.4. The van der Waals surface area contributed by atoms with Gasteiger partial charge in [-0.25, -0.2) is 0 Å². The topological polar surface area (TPSA) is 13.1 Å². The fourth-order valence-corrected chi connectivity index (χ4v) is 11.1. The lowest BCUT2D eigenvalue weighted by molar-refractivity contribution is 1.13. The predicted molar refractivity (Wildman–Crippen MR) is 227 cm³/mol. The molecule has 0 spiro atoms. The van der Waals surface area contributed by atoms with E-state index in [1.165, 1.54) is 91.5 Å². The third kappa shape index (κ3) is 3.50. The van der Waals surface area contributed by atoms with Crippen LogP contribution in [-0.4, -0.2) is 15.8 Å². The maximum atomic E-state index is 2.61. The molecule has 8 aromatic carbocycles. The number of hydrogen-bond acceptors (Lipinski definition) is 2. The Hall–Kier alpha value is -6.56. The van der Waals surface area contributed by atoms with Crippen molar-refractivity contribution in [3.05, 3.63) is 170 Å². The van der Waals surface area contributed by atoms with Gasteiger partial charge in [0.05, 0.1) is 22.2 Å². The van der Waals surface area contributed by atoms with Crippen LogP contribution in [0.4, 0.5) is 17.1 Å². The number of anilines is 3. The highest BCUT2D eigenvalue weighted by atomic mass is 32.1. The van der Waals surface area contributed by atoms with Crippen molar-refractivity contribution in [2.24, 2.45) is 0 Å². The Kier molecular flexibility index (Phi) is 5.33. The molecule has 0 radical (unpaired) electrons. The Balaban J connectivity index is 1.29. The van der Waals surface area contributed by atoms with Gasteiger partial charge < -0.3 is 14.0 Å². The minimum Gasteiger partial charge on any atom is -0.310 e. The molecule has 5 heteroatoms. The smallest absolute Gasteiger partial charge is 0.253 e. The predicted octanol–water partition coefficient (Wildman–Crippen LogP) is 10.9. The molecule has 0 unspecified atom stereocenters. The summed E-state index contributed by atoms with van der Waals surface area (Å²) in [5.74, 6) is 0. The summed E-state index contributed by atoms with van der Waals surface area (Å²) < 4.78 is 7.88. The average molecular weight is 690 g/mol. The molecule has 11 aromatic rings. The number of fused-ring (bicyclic) bond motifs is 14. The van der Waals surface area contributed by atoms with E-state index in [1.807, 2.05) is 11.3 Å². The van der Waals surface area contributed by atoms with E-state index in [0.717, 1.165) is 17.1 Å². The first-order valence-corrected chi connectivity index (χ1v) is 19.1. The summed E-state index contributed by atoms with van der Waals surface area (Å²) in [5.41, 5.74) is 15.2. The Labute approximate surface area is 309 Å². The zero-order chi connectivity index (χ0) is 34.4. The highest BCUT2D eigenvalue weighted by Gasteiger charge is 2.42. The summed E-state index contributed by atoms with van der Waals surface area (Å²) in [6.45, 7) is 0.0532. The molecular weight excluding hydrogens is 661 g/mol. The Bertz CT molecular complexity index is 3320. The third-order valence-corrected chi connectivity index (χ3v) is 13.0. The standard InChI is InChI=1S/C48H28BN3S/c1-3-14-29(15-4-1)50(30-16-5-2-6-17-30)31-26-40-45-41(27-31)52-39-24-11-8-19-33(39)36-28-43-44(35-20-9-12-25-42(35)53-43)46(48(36)52)49(45)37-22-13-21-34-32-18-7-10-23-38(32)51(40)47(34)37/h1-28H. The van der Waals surface area contributed by atoms with Crippen LogP contribution in [0.25, 0.3) is 75.2 Å². The van der Waals surface area contributed by atoms with Gasteiger partial charge in [0, 0.05) is 59.2 Å². The SMILES string of the molecule is c1ccc(N(c2ccccc2)c2cc3c4c(c2)-n2c5ccccc5c5cc6sc7ccccc7c6c(c52)B4c2cccc4c5ccccc5n-3c24)cc1. The van der Waals surface area contributed by atoms with Crippen LogP contribution < -0.4 is 21.3 Å². The van der Waals surface area contributed by atoms with Gasteiger partial charge in [-0.1, -0.05) is 109 Å². The van der Waals surface area contributed by atoms with Crippen LogP contribution in [0.3, 0.4) is 0 Å². The van der Waals surface area contributed by atoms with Crippen molar-refractivity contribution < 1.29 is 0 Å². The van der Waals surface area contributed by atoms with Crippen molar-refractivity contribution in [2.75, 3.05) is 4.90 Å². The second-order valence-corrected chi connectivity index (χ2v) is 15.5. The van der Waals surface area contributed by atoms with Gasteiger partial charge in [-0.05, 0) is 87.8 Å². The number of para-hydroxylation sites is 5. The van der Waals surface area contributed by atoms with Crippen molar-refractivity contribution in [1.82, 2.24) is 9.13 Å². The van der Waals surface area contributed by atoms with Crippen LogP contribution in [0.1, 0.15) is 0 Å². The first-order valence-electron chi connectivity index (χ1n) is 18.3. The molecule has 0 aliphatic carbocycles. The molecule has 0 saturated heterocycles. The summed E-state index contributed by atoms with van der Waals surface area (Å²) in [6.07, 6.45) is 0. The Morgan fingerprint density at radius 3 is 1.68 bits per heavy atom. The lowest BCUT2D eigenvalue weighted by Gasteiger charge is -2.36. The number of nitrogens with zero attached hydrogens (tertiary/aromatic N) is 3. The van der Waals surface area contributed by atoms with Gasteiger partial charge in [-0.2, -0.15) is 0 Å². The molecule has 0 atom stereocenters. The molecule has 244 valence electrons. The lowest BCUT2D eigenvalue weighted by Crippen LogP contribution is -2.59. The van der Waals surface area contributed by atoms with Gasteiger partial charge in [0.1, 0.15) is 0 Å². The normalized spacial score (nSPS) is 12.9. The molecular formula is C48H28BN3S. The second kappa shape index (κ2) is 10.1. The maximum absolute atomic E-state index is 2.61. The zero-order valence-electron chi connectivity index (χ0n) is 28.5. The van der Waals surface area contributed by atoms with Crippen molar-refractivity contribution >= 4 is 115 Å². The average Bonchev–Trinajstić information content (AvgIpc) is 3.87. The number of hydrogen-bond donors (Lipinski definition) is 0. The summed E-state index contributed by atoms with van der Waals surface area (Å²) in [7, 11) is 0. The molecule has 0 amide bonds. The van der Waals surface area contributed by atoms with Gasteiger partial charge in [-0.3, -0.25) is 0 Å². The van der Waals surface area contributed by atoms with Crippen LogP contribution in [0.5, 0.6) is 0 Å². The first-order chi connectivity index (χ1) is 26.3. The molecule has 3 aromatic heterocycles. The molecule has 3 nitrogen and oxygen atoms in total. The number of thiophene rings is 1.